The van der Waals surface area contributed by atoms with E-state index in [9.17, 15) is 9.59 Å². The molecule has 0 fully saturated rings. The van der Waals surface area contributed by atoms with E-state index in [-0.39, 0.29) is 18.5 Å². The number of hydrogen-bond donors (Lipinski definition) is 2. The molecule has 0 unspecified atom stereocenters. The van der Waals surface area contributed by atoms with Gasteiger partial charge in [0, 0.05) is 5.69 Å². The smallest absolute Gasteiger partial charge is 0.323 e. The van der Waals surface area contributed by atoms with Crippen LogP contribution in [0.15, 0.2) is 48.5 Å². The Morgan fingerprint density at radius 1 is 1.12 bits per heavy atom. The Kier molecular flexibility index (Phi) is 5.95. The molecule has 1 aliphatic heterocycles. The first-order valence-corrected chi connectivity index (χ1v) is 8.09. The number of nitrogens with one attached hydrogen (secondary N) is 2. The highest BCUT2D eigenvalue weighted by molar-refractivity contribution is 6.12. The zero-order valence-electron chi connectivity index (χ0n) is 14.3. The lowest BCUT2D eigenvalue weighted by atomic mass is 10.2. The topological polar surface area (TPSA) is 61.4 Å². The second kappa shape index (κ2) is 8.15. The summed E-state index contributed by atoms with van der Waals surface area (Å²) < 4.78 is 0. The number of rotatable bonds is 1. The molecule has 0 radical (unpaired) electrons. The number of benzene rings is 2. The summed E-state index contributed by atoms with van der Waals surface area (Å²) in [7, 11) is 0. The van der Waals surface area contributed by atoms with E-state index in [0.717, 1.165) is 5.56 Å². The summed E-state index contributed by atoms with van der Waals surface area (Å²) in [6, 6.07) is 14.4. The lowest BCUT2D eigenvalue weighted by molar-refractivity contribution is -0.115. The molecule has 0 atom stereocenters. The first kappa shape index (κ1) is 17.5. The Morgan fingerprint density at radius 2 is 1.75 bits per heavy atom. The molecule has 5 heteroatoms. The molecule has 5 nitrogen and oxygen atoms in total. The molecular weight excluding hydrogens is 302 g/mol. The number of carbonyl (C=O) groups excluding carboxylic acids is 2. The molecule has 1 heterocycles. The number of nitrogens with zero attached hydrogens (tertiary/aromatic N) is 1. The number of amides is 3. The molecule has 0 saturated carbocycles. The number of anilines is 3. The molecule has 3 rings (SSSR count). The van der Waals surface area contributed by atoms with Gasteiger partial charge in [-0.1, -0.05) is 50.1 Å². The van der Waals surface area contributed by atoms with E-state index in [2.05, 4.69) is 24.5 Å². The largest absolute Gasteiger partial charge is 0.326 e. The van der Waals surface area contributed by atoms with Crippen molar-refractivity contribution in [2.45, 2.75) is 27.2 Å². The fraction of sp³-hybridized carbons (Fsp3) is 0.263. The van der Waals surface area contributed by atoms with Crippen molar-refractivity contribution in [3.05, 3.63) is 54.1 Å². The van der Waals surface area contributed by atoms with E-state index >= 15 is 0 Å². The van der Waals surface area contributed by atoms with E-state index < -0.39 is 0 Å². The molecule has 0 saturated heterocycles. The van der Waals surface area contributed by atoms with Crippen molar-refractivity contribution in [3.8, 4) is 0 Å². The van der Waals surface area contributed by atoms with Gasteiger partial charge in [0.2, 0.25) is 5.91 Å². The summed E-state index contributed by atoms with van der Waals surface area (Å²) in [6.07, 6.45) is 1.25. The fourth-order valence-electron chi connectivity index (χ4n) is 2.24. The average Bonchev–Trinajstić information content (AvgIpc) is 2.57. The van der Waals surface area contributed by atoms with Crippen LogP contribution in [0.4, 0.5) is 21.9 Å². The van der Waals surface area contributed by atoms with E-state index in [0.29, 0.717) is 17.1 Å². The summed E-state index contributed by atoms with van der Waals surface area (Å²) in [4.78, 5) is 25.5. The molecule has 0 aliphatic carbocycles. The number of hydrogen-bond acceptors (Lipinski definition) is 2. The highest BCUT2D eigenvalue weighted by atomic mass is 16.2. The normalized spacial score (nSPS) is 12.5. The Bertz CT molecular complexity index is 711. The van der Waals surface area contributed by atoms with Crippen molar-refractivity contribution in [2.24, 2.45) is 0 Å². The standard InChI is InChI=1S/C16H15N3O2.C3H8/c1-11-6-8-12(9-7-11)17-16(21)19-10-15(20)18-13-4-2-3-5-14(13)19;1-3-2/h2-9H,10H2,1H3,(H,17,21)(H,18,20);3H2,1-2H3. The maximum Gasteiger partial charge on any atom is 0.326 e. The molecule has 0 bridgehead atoms. The zero-order valence-corrected chi connectivity index (χ0v) is 14.3. The number of aryl methyl sites for hydroxylation is 1. The molecule has 126 valence electrons. The van der Waals surface area contributed by atoms with Crippen molar-refractivity contribution in [3.63, 3.8) is 0 Å². The van der Waals surface area contributed by atoms with Crippen LogP contribution in [0.3, 0.4) is 0 Å². The molecule has 2 aromatic carbocycles. The van der Waals surface area contributed by atoms with Crippen molar-refractivity contribution >= 4 is 29.0 Å². The van der Waals surface area contributed by atoms with Gasteiger partial charge in [-0.3, -0.25) is 9.69 Å². The second-order valence-corrected chi connectivity index (χ2v) is 5.65. The number of para-hydroxylation sites is 2. The highest BCUT2D eigenvalue weighted by Crippen LogP contribution is 2.29. The van der Waals surface area contributed by atoms with Gasteiger partial charge in [-0.05, 0) is 31.2 Å². The number of carbonyl (C=O) groups is 2. The molecule has 2 N–H and O–H groups in total. The predicted molar refractivity (Wildman–Crippen MR) is 98.6 cm³/mol. The van der Waals surface area contributed by atoms with Gasteiger partial charge in [-0.25, -0.2) is 4.79 Å². The van der Waals surface area contributed by atoms with Gasteiger partial charge in [0.25, 0.3) is 0 Å². The van der Waals surface area contributed by atoms with E-state index in [1.54, 1.807) is 6.07 Å². The second-order valence-electron chi connectivity index (χ2n) is 5.65. The van der Waals surface area contributed by atoms with Crippen molar-refractivity contribution in [2.75, 3.05) is 22.1 Å². The van der Waals surface area contributed by atoms with Crippen LogP contribution in [-0.4, -0.2) is 18.5 Å². The van der Waals surface area contributed by atoms with Crippen molar-refractivity contribution in [1.29, 1.82) is 0 Å². The van der Waals surface area contributed by atoms with Crippen molar-refractivity contribution < 1.29 is 9.59 Å². The van der Waals surface area contributed by atoms with Crippen LogP contribution in [0.2, 0.25) is 0 Å². The molecule has 24 heavy (non-hydrogen) atoms. The molecule has 0 spiro atoms. The van der Waals surface area contributed by atoms with Gasteiger partial charge in [0.15, 0.2) is 0 Å². The minimum atomic E-state index is -0.318. The van der Waals surface area contributed by atoms with E-state index in [1.165, 1.54) is 11.3 Å². The molecule has 2 aromatic rings. The Morgan fingerprint density at radius 3 is 2.42 bits per heavy atom. The maximum atomic E-state index is 12.4. The van der Waals surface area contributed by atoms with Crippen LogP contribution < -0.4 is 15.5 Å². The van der Waals surface area contributed by atoms with Gasteiger partial charge in [-0.2, -0.15) is 0 Å². The summed E-state index contributed by atoms with van der Waals surface area (Å²) in [5, 5.41) is 5.56. The van der Waals surface area contributed by atoms with Crippen LogP contribution in [0.5, 0.6) is 0 Å². The van der Waals surface area contributed by atoms with Gasteiger partial charge in [0.1, 0.15) is 6.54 Å². The minimum absolute atomic E-state index is 0.00864. The average molecular weight is 325 g/mol. The van der Waals surface area contributed by atoms with Crippen LogP contribution in [0, 0.1) is 6.92 Å². The fourth-order valence-corrected chi connectivity index (χ4v) is 2.24. The number of urea groups is 1. The van der Waals surface area contributed by atoms with Crippen LogP contribution in [-0.2, 0) is 4.79 Å². The first-order valence-electron chi connectivity index (χ1n) is 8.09. The summed E-state index contributed by atoms with van der Waals surface area (Å²) in [6.45, 7) is 6.24. The Hall–Kier alpha value is -2.82. The van der Waals surface area contributed by atoms with Gasteiger partial charge in [-0.15, -0.1) is 0 Å². The summed E-state index contributed by atoms with van der Waals surface area (Å²) >= 11 is 0. The highest BCUT2D eigenvalue weighted by Gasteiger charge is 2.26. The third kappa shape index (κ3) is 4.35. The SMILES string of the molecule is CCC.Cc1ccc(NC(=O)N2CC(=O)Nc3ccccc32)cc1. The summed E-state index contributed by atoms with van der Waals surface area (Å²) in [5.41, 5.74) is 3.17. The number of fused-ring (bicyclic) bond motifs is 1. The molecular formula is C19H23N3O2. The quantitative estimate of drug-likeness (QED) is 0.816. The molecule has 3 amide bonds. The van der Waals surface area contributed by atoms with Crippen LogP contribution >= 0.6 is 0 Å². The first-order chi connectivity index (χ1) is 11.5. The van der Waals surface area contributed by atoms with Crippen LogP contribution in [0.1, 0.15) is 25.8 Å². The van der Waals surface area contributed by atoms with E-state index in [1.807, 2.05) is 49.4 Å². The lowest BCUT2D eigenvalue weighted by Gasteiger charge is -2.29. The maximum absolute atomic E-state index is 12.4. The lowest BCUT2D eigenvalue weighted by Crippen LogP contribution is -2.44. The van der Waals surface area contributed by atoms with Crippen LogP contribution in [0.25, 0.3) is 0 Å². The van der Waals surface area contributed by atoms with Gasteiger partial charge in [0.05, 0.1) is 11.4 Å². The third-order valence-electron chi connectivity index (χ3n) is 3.32. The predicted octanol–water partition coefficient (Wildman–Crippen LogP) is 4.40. The minimum Gasteiger partial charge on any atom is -0.323 e. The molecule has 0 aromatic heterocycles. The monoisotopic (exact) mass is 325 g/mol. The third-order valence-corrected chi connectivity index (χ3v) is 3.32. The molecule has 1 aliphatic rings. The Balaban J connectivity index is 0.000000647. The van der Waals surface area contributed by atoms with Gasteiger partial charge < -0.3 is 10.6 Å². The van der Waals surface area contributed by atoms with Gasteiger partial charge >= 0.3 is 6.03 Å². The summed E-state index contributed by atoms with van der Waals surface area (Å²) in [5.74, 6) is -0.201. The zero-order chi connectivity index (χ0) is 17.5. The Labute approximate surface area is 142 Å². The van der Waals surface area contributed by atoms with Crippen molar-refractivity contribution in [1.82, 2.24) is 0 Å². The van der Waals surface area contributed by atoms with E-state index in [4.69, 9.17) is 0 Å².